The van der Waals surface area contributed by atoms with E-state index in [0.29, 0.717) is 19.3 Å². The number of aliphatic hydroxyl groups excluding tert-OH is 4. The van der Waals surface area contributed by atoms with Crippen molar-refractivity contribution in [1.82, 2.24) is 5.32 Å². The van der Waals surface area contributed by atoms with Crippen molar-refractivity contribution < 1.29 is 25.2 Å². The Balaban J connectivity index is 3.63. The second kappa shape index (κ2) is 44.6. The van der Waals surface area contributed by atoms with E-state index in [-0.39, 0.29) is 0 Å². The van der Waals surface area contributed by atoms with Crippen molar-refractivity contribution in [3.05, 3.63) is 36.5 Å². The smallest absolute Gasteiger partial charge is 0.249 e. The molecule has 6 nitrogen and oxygen atoms in total. The van der Waals surface area contributed by atoms with E-state index in [1.807, 2.05) is 0 Å². The molecule has 0 fully saturated rings. The highest BCUT2D eigenvalue weighted by Crippen LogP contribution is 2.17. The van der Waals surface area contributed by atoms with Crippen LogP contribution in [-0.2, 0) is 4.79 Å². The lowest BCUT2D eigenvalue weighted by Gasteiger charge is -2.27. The molecule has 0 spiro atoms. The molecule has 1 amide bonds. The molecule has 5 N–H and O–H groups in total. The summed E-state index contributed by atoms with van der Waals surface area (Å²) in [6.45, 7) is 3.94. The van der Waals surface area contributed by atoms with Crippen LogP contribution in [0.3, 0.4) is 0 Å². The van der Waals surface area contributed by atoms with Gasteiger partial charge in [-0.2, -0.15) is 0 Å². The van der Waals surface area contributed by atoms with Gasteiger partial charge in [0.05, 0.1) is 18.8 Å². The molecule has 0 saturated carbocycles. The summed E-state index contributed by atoms with van der Waals surface area (Å²) >= 11 is 0. The minimum absolute atomic E-state index is 0.362. The lowest BCUT2D eigenvalue weighted by molar-refractivity contribution is -0.132. The van der Waals surface area contributed by atoms with E-state index >= 15 is 0 Å². The fourth-order valence-corrected chi connectivity index (χ4v) is 7.50. The molecule has 0 aromatic heterocycles. The fraction of sp³-hybridized carbons (Fsp3) is 0.860. The van der Waals surface area contributed by atoms with E-state index < -0.39 is 36.9 Å². The third kappa shape index (κ3) is 38.1. The van der Waals surface area contributed by atoms with E-state index in [1.54, 1.807) is 0 Å². The minimum atomic E-state index is -1.29. The normalized spacial score (nSPS) is 14.3. The first-order valence-corrected chi connectivity index (χ1v) is 24.4. The Kier molecular flexibility index (Phi) is 43.5. The van der Waals surface area contributed by atoms with E-state index in [2.05, 4.69) is 55.6 Å². The molecular weight excluding hydrogens is 695 g/mol. The first-order chi connectivity index (χ1) is 27.5. The Morgan fingerprint density at radius 2 is 0.786 bits per heavy atom. The number of rotatable bonds is 44. The van der Waals surface area contributed by atoms with Crippen molar-refractivity contribution in [2.75, 3.05) is 6.61 Å². The molecule has 0 aliphatic heterocycles. The van der Waals surface area contributed by atoms with Gasteiger partial charge in [-0.05, 0) is 57.8 Å². The molecule has 0 aromatic rings. The van der Waals surface area contributed by atoms with Crippen LogP contribution in [-0.4, -0.2) is 57.3 Å². The summed E-state index contributed by atoms with van der Waals surface area (Å²) in [4.78, 5) is 12.5. The molecule has 330 valence electrons. The maximum atomic E-state index is 12.5. The lowest BCUT2D eigenvalue weighted by Crippen LogP contribution is -2.53. The van der Waals surface area contributed by atoms with Gasteiger partial charge in [-0.25, -0.2) is 0 Å². The van der Waals surface area contributed by atoms with Crippen LogP contribution < -0.4 is 5.32 Å². The second-order valence-electron chi connectivity index (χ2n) is 16.8. The van der Waals surface area contributed by atoms with Crippen LogP contribution >= 0.6 is 0 Å². The first-order valence-electron chi connectivity index (χ1n) is 24.4. The van der Waals surface area contributed by atoms with Gasteiger partial charge in [0, 0.05) is 0 Å². The summed E-state index contributed by atoms with van der Waals surface area (Å²) in [6, 6.07) is -1.01. The van der Waals surface area contributed by atoms with Crippen molar-refractivity contribution in [3.63, 3.8) is 0 Å². The zero-order valence-electron chi connectivity index (χ0n) is 37.1. The van der Waals surface area contributed by atoms with Crippen LogP contribution in [0.1, 0.15) is 245 Å². The Morgan fingerprint density at radius 3 is 1.14 bits per heavy atom. The molecule has 0 aromatic carbocycles. The predicted molar refractivity (Wildman–Crippen MR) is 242 cm³/mol. The number of nitrogens with one attached hydrogen (secondary N) is 1. The number of carbonyl (C=O) groups excluding carboxylic acids is 1. The first kappa shape index (κ1) is 54.5. The van der Waals surface area contributed by atoms with Gasteiger partial charge in [0.25, 0.3) is 0 Å². The molecular formula is C50H95NO5. The highest BCUT2D eigenvalue weighted by molar-refractivity contribution is 5.80. The molecule has 0 rings (SSSR count). The number of aliphatic hydroxyl groups is 4. The zero-order chi connectivity index (χ0) is 41.0. The summed E-state index contributed by atoms with van der Waals surface area (Å²) < 4.78 is 0. The highest BCUT2D eigenvalue weighted by Gasteiger charge is 2.28. The molecule has 0 radical (unpaired) electrons. The molecule has 0 saturated heterocycles. The number of hydrogen-bond donors (Lipinski definition) is 5. The van der Waals surface area contributed by atoms with Crippen LogP contribution in [0.15, 0.2) is 36.5 Å². The molecule has 6 heteroatoms. The number of allylic oxidation sites excluding steroid dienone is 6. The van der Waals surface area contributed by atoms with E-state index in [0.717, 1.165) is 57.8 Å². The Hall–Kier alpha value is -1.47. The summed E-state index contributed by atoms with van der Waals surface area (Å²) in [7, 11) is 0. The topological polar surface area (TPSA) is 110 Å². The van der Waals surface area contributed by atoms with Gasteiger partial charge in [0.1, 0.15) is 12.2 Å². The molecule has 4 unspecified atom stereocenters. The maximum absolute atomic E-state index is 12.5. The second-order valence-corrected chi connectivity index (χ2v) is 16.8. The number of carbonyl (C=O) groups is 1. The van der Waals surface area contributed by atoms with E-state index in [1.165, 1.54) is 154 Å². The zero-order valence-corrected chi connectivity index (χ0v) is 37.1. The minimum Gasteiger partial charge on any atom is -0.394 e. The molecule has 0 aliphatic rings. The van der Waals surface area contributed by atoms with Gasteiger partial charge in [0.2, 0.25) is 5.91 Å². The van der Waals surface area contributed by atoms with Crippen LogP contribution in [0.2, 0.25) is 0 Å². The quantitative estimate of drug-likeness (QED) is 0.0312. The van der Waals surface area contributed by atoms with Crippen molar-refractivity contribution in [2.24, 2.45) is 0 Å². The fourth-order valence-electron chi connectivity index (χ4n) is 7.50. The molecule has 56 heavy (non-hydrogen) atoms. The summed E-state index contributed by atoms with van der Waals surface area (Å²) in [5, 5.41) is 43.7. The summed E-state index contributed by atoms with van der Waals surface area (Å²) in [5.41, 5.74) is 0. The summed E-state index contributed by atoms with van der Waals surface area (Å²) in [6.07, 6.45) is 53.5. The van der Waals surface area contributed by atoms with Crippen LogP contribution in [0.4, 0.5) is 0 Å². The Morgan fingerprint density at radius 1 is 0.446 bits per heavy atom. The number of amides is 1. The third-order valence-corrected chi connectivity index (χ3v) is 11.3. The van der Waals surface area contributed by atoms with Crippen molar-refractivity contribution in [2.45, 2.75) is 269 Å². The summed E-state index contributed by atoms with van der Waals surface area (Å²) in [5.74, 6) is -0.598. The van der Waals surface area contributed by atoms with E-state index in [4.69, 9.17) is 0 Å². The van der Waals surface area contributed by atoms with Gasteiger partial charge >= 0.3 is 0 Å². The van der Waals surface area contributed by atoms with Crippen molar-refractivity contribution in [3.8, 4) is 0 Å². The monoisotopic (exact) mass is 790 g/mol. The largest absolute Gasteiger partial charge is 0.394 e. The van der Waals surface area contributed by atoms with Gasteiger partial charge in [-0.15, -0.1) is 0 Å². The predicted octanol–water partition coefficient (Wildman–Crippen LogP) is 13.3. The standard InChI is InChI=1S/C50H95NO5/c1-3-5-7-9-11-13-15-17-18-19-20-21-22-23-24-25-26-27-28-29-30-32-34-36-38-40-42-44-48(54)50(56)51-46(45-52)49(55)47(53)43-41-39-37-35-33-31-16-14-12-10-8-6-4-2/h6,8,14,16,35,37,46-49,52-55H,3-5,7,9-13,15,17-34,36,38-45H2,1-2H3,(H,51,56)/b8-6+,16-14+,37-35+. The maximum Gasteiger partial charge on any atom is 0.249 e. The van der Waals surface area contributed by atoms with Gasteiger partial charge in [-0.3, -0.25) is 4.79 Å². The average Bonchev–Trinajstić information content (AvgIpc) is 3.20. The van der Waals surface area contributed by atoms with Gasteiger partial charge in [0.15, 0.2) is 0 Å². The number of unbranched alkanes of at least 4 members (excludes halogenated alkanes) is 29. The molecule has 0 heterocycles. The average molecular weight is 790 g/mol. The van der Waals surface area contributed by atoms with Crippen molar-refractivity contribution in [1.29, 1.82) is 0 Å². The van der Waals surface area contributed by atoms with Gasteiger partial charge in [-0.1, -0.05) is 224 Å². The lowest BCUT2D eigenvalue weighted by atomic mass is 10.00. The third-order valence-electron chi connectivity index (χ3n) is 11.3. The van der Waals surface area contributed by atoms with Crippen molar-refractivity contribution >= 4 is 5.91 Å². The number of hydrogen-bond acceptors (Lipinski definition) is 5. The van der Waals surface area contributed by atoms with Crippen LogP contribution in [0.5, 0.6) is 0 Å². The Bertz CT molecular complexity index is 889. The highest BCUT2D eigenvalue weighted by atomic mass is 16.3. The SMILES string of the molecule is CC/C=C/CC/C=C/CC/C=C/CCCC(O)C(O)C(CO)NC(=O)C(O)CCCCCCCCCCCCCCCCCCCCCCCCCCCCC. The van der Waals surface area contributed by atoms with Crippen LogP contribution in [0.25, 0.3) is 0 Å². The molecule has 0 aliphatic carbocycles. The molecule has 0 bridgehead atoms. The molecule has 4 atom stereocenters. The van der Waals surface area contributed by atoms with Crippen LogP contribution in [0, 0.1) is 0 Å². The Labute approximate surface area is 347 Å². The van der Waals surface area contributed by atoms with Gasteiger partial charge < -0.3 is 25.7 Å². The van der Waals surface area contributed by atoms with E-state index in [9.17, 15) is 25.2 Å².